The molecule has 0 fully saturated rings. The van der Waals surface area contributed by atoms with Crippen LogP contribution >= 0.6 is 0 Å². The summed E-state index contributed by atoms with van der Waals surface area (Å²) < 4.78 is 0. The Labute approximate surface area is 94.0 Å². The van der Waals surface area contributed by atoms with Gasteiger partial charge in [0.2, 0.25) is 5.91 Å². The number of nitrogens with two attached hydrogens (primary N) is 1. The molecule has 1 heterocycles. The molecule has 1 aromatic rings. The number of aliphatic carboxylic acids is 1. The van der Waals surface area contributed by atoms with Crippen LogP contribution in [0.2, 0.25) is 0 Å². The molecule has 0 aromatic carbocycles. The summed E-state index contributed by atoms with van der Waals surface area (Å²) in [5.74, 6) is -3.08. The van der Waals surface area contributed by atoms with Gasteiger partial charge in [-0.25, -0.2) is 9.59 Å². The summed E-state index contributed by atoms with van der Waals surface area (Å²) in [7, 11) is 0. The number of hydrogen-bond acceptors (Lipinski definition) is 4. The normalized spacial score (nSPS) is 11.8. The van der Waals surface area contributed by atoms with Gasteiger partial charge in [-0.15, -0.1) is 0 Å². The summed E-state index contributed by atoms with van der Waals surface area (Å²) in [5, 5.41) is 10.8. The van der Waals surface area contributed by atoms with E-state index in [1.54, 1.807) is 0 Å². The van der Waals surface area contributed by atoms with Gasteiger partial charge in [0.1, 0.15) is 11.7 Å². The number of carbonyl (C=O) groups excluding carboxylic acids is 2. The molecule has 0 saturated carbocycles. The molecular weight excluding hydrogens is 232 g/mol. The van der Waals surface area contributed by atoms with Crippen molar-refractivity contribution < 1.29 is 19.5 Å². The summed E-state index contributed by atoms with van der Waals surface area (Å²) in [6.07, 6.45) is 0.552. The van der Waals surface area contributed by atoms with Crippen LogP contribution in [0.5, 0.6) is 0 Å². The van der Waals surface area contributed by atoms with Crippen LogP contribution in [0, 0.1) is 0 Å². The third-order valence-corrected chi connectivity index (χ3v) is 1.85. The number of carboxylic acid groups (broad SMARTS) is 1. The van der Waals surface area contributed by atoms with Gasteiger partial charge in [0.15, 0.2) is 0 Å². The topological polar surface area (TPSA) is 158 Å². The van der Waals surface area contributed by atoms with Crippen LogP contribution in [0.4, 0.5) is 0 Å². The highest BCUT2D eigenvalue weighted by Crippen LogP contribution is 1.95. The fourth-order valence-electron chi connectivity index (χ4n) is 1.09. The van der Waals surface area contributed by atoms with Gasteiger partial charge in [-0.05, 0) is 0 Å². The first-order valence-corrected chi connectivity index (χ1v) is 4.50. The second-order valence-electron chi connectivity index (χ2n) is 3.19. The second-order valence-corrected chi connectivity index (χ2v) is 3.19. The lowest BCUT2D eigenvalue weighted by Crippen LogP contribution is -2.43. The summed E-state index contributed by atoms with van der Waals surface area (Å²) in [6, 6.07) is -1.43. The molecule has 1 rings (SSSR count). The Morgan fingerprint density at radius 3 is 2.53 bits per heavy atom. The predicted molar refractivity (Wildman–Crippen MR) is 54.1 cm³/mol. The number of carboxylic acids is 1. The predicted octanol–water partition coefficient (Wildman–Crippen LogP) is -2.24. The van der Waals surface area contributed by atoms with E-state index in [-0.39, 0.29) is 5.69 Å². The van der Waals surface area contributed by atoms with Gasteiger partial charge in [0.25, 0.3) is 5.91 Å². The molecule has 6 N–H and O–H groups in total. The van der Waals surface area contributed by atoms with Gasteiger partial charge >= 0.3 is 11.7 Å². The van der Waals surface area contributed by atoms with E-state index >= 15 is 0 Å². The minimum atomic E-state index is -1.43. The highest BCUT2D eigenvalue weighted by atomic mass is 16.4. The first kappa shape index (κ1) is 12.5. The molecule has 9 nitrogen and oxygen atoms in total. The quantitative estimate of drug-likeness (QED) is 0.394. The van der Waals surface area contributed by atoms with Gasteiger partial charge in [-0.1, -0.05) is 0 Å². The highest BCUT2D eigenvalue weighted by Gasteiger charge is 2.23. The molecule has 2 amide bonds. The lowest BCUT2D eigenvalue weighted by molar-refractivity contribution is -0.140. The molecule has 0 unspecified atom stereocenters. The standard InChI is InChI=1S/C8H10N4O5/c9-5(13)1-3(7(15)16)11-6(14)4-2-10-8(17)12-4/h2-3H,1H2,(H2,9,13)(H,11,14)(H,15,16)(H2,10,12,17)/t3-/m1/s1. The van der Waals surface area contributed by atoms with E-state index in [0.717, 1.165) is 6.20 Å². The molecule has 0 spiro atoms. The van der Waals surface area contributed by atoms with Crippen LogP contribution in [0.3, 0.4) is 0 Å². The van der Waals surface area contributed by atoms with E-state index in [2.05, 4.69) is 9.97 Å². The number of aromatic nitrogens is 2. The number of imidazole rings is 1. The summed E-state index contributed by atoms with van der Waals surface area (Å²) in [4.78, 5) is 47.8. The average Bonchev–Trinajstić information content (AvgIpc) is 2.63. The maximum absolute atomic E-state index is 11.4. The van der Waals surface area contributed by atoms with Gasteiger partial charge < -0.3 is 26.1 Å². The Balaban J connectivity index is 2.74. The molecule has 1 aromatic heterocycles. The summed E-state index contributed by atoms with van der Waals surface area (Å²) in [6.45, 7) is 0. The molecule has 1 atom stereocenters. The number of nitrogens with one attached hydrogen (secondary N) is 3. The molecule has 17 heavy (non-hydrogen) atoms. The number of carbonyl (C=O) groups is 3. The number of aromatic amines is 2. The van der Waals surface area contributed by atoms with Crippen LogP contribution in [0.15, 0.2) is 11.0 Å². The van der Waals surface area contributed by atoms with E-state index in [1.165, 1.54) is 0 Å². The first-order chi connectivity index (χ1) is 7.90. The van der Waals surface area contributed by atoms with Crippen molar-refractivity contribution in [3.8, 4) is 0 Å². The zero-order chi connectivity index (χ0) is 13.0. The first-order valence-electron chi connectivity index (χ1n) is 4.50. The molecule has 92 valence electrons. The van der Waals surface area contributed by atoms with Crippen molar-refractivity contribution in [2.45, 2.75) is 12.5 Å². The zero-order valence-corrected chi connectivity index (χ0v) is 8.52. The molecule has 0 aliphatic heterocycles. The summed E-state index contributed by atoms with van der Waals surface area (Å²) >= 11 is 0. The second kappa shape index (κ2) is 4.96. The molecular formula is C8H10N4O5. The Bertz CT molecular complexity index is 502. The Hall–Kier alpha value is -2.58. The van der Waals surface area contributed by atoms with Crippen molar-refractivity contribution in [3.05, 3.63) is 22.4 Å². The third-order valence-electron chi connectivity index (χ3n) is 1.85. The SMILES string of the molecule is NC(=O)C[C@@H](NC(=O)c1c[nH]c(=O)[nH]1)C(=O)O. The van der Waals surface area contributed by atoms with Gasteiger partial charge in [-0.3, -0.25) is 9.59 Å². The van der Waals surface area contributed by atoms with Crippen molar-refractivity contribution in [1.29, 1.82) is 0 Å². The van der Waals surface area contributed by atoms with E-state index in [0.29, 0.717) is 0 Å². The van der Waals surface area contributed by atoms with E-state index in [9.17, 15) is 19.2 Å². The lowest BCUT2D eigenvalue weighted by atomic mass is 10.2. The van der Waals surface area contributed by atoms with Crippen molar-refractivity contribution in [2.75, 3.05) is 0 Å². The van der Waals surface area contributed by atoms with Gasteiger partial charge in [0, 0.05) is 6.20 Å². The molecule has 0 bridgehead atoms. The molecule has 0 radical (unpaired) electrons. The minimum absolute atomic E-state index is 0.134. The average molecular weight is 242 g/mol. The van der Waals surface area contributed by atoms with Crippen LogP contribution in [-0.4, -0.2) is 38.9 Å². The van der Waals surface area contributed by atoms with Crippen molar-refractivity contribution >= 4 is 17.8 Å². The monoisotopic (exact) mass is 242 g/mol. The van der Waals surface area contributed by atoms with Crippen molar-refractivity contribution in [1.82, 2.24) is 15.3 Å². The van der Waals surface area contributed by atoms with Crippen LogP contribution in [0.25, 0.3) is 0 Å². The number of primary amides is 1. The number of amides is 2. The molecule has 9 heteroatoms. The van der Waals surface area contributed by atoms with Crippen molar-refractivity contribution in [3.63, 3.8) is 0 Å². The number of hydrogen-bond donors (Lipinski definition) is 5. The maximum atomic E-state index is 11.4. The van der Waals surface area contributed by atoms with Gasteiger partial charge in [-0.2, -0.15) is 0 Å². The Kier molecular flexibility index (Phi) is 3.65. The Morgan fingerprint density at radius 1 is 1.47 bits per heavy atom. The smallest absolute Gasteiger partial charge is 0.326 e. The molecule has 0 aliphatic rings. The van der Waals surface area contributed by atoms with E-state index in [4.69, 9.17) is 10.8 Å². The number of rotatable bonds is 5. The van der Waals surface area contributed by atoms with E-state index in [1.807, 2.05) is 5.32 Å². The lowest BCUT2D eigenvalue weighted by Gasteiger charge is -2.11. The van der Waals surface area contributed by atoms with E-state index < -0.39 is 35.9 Å². The molecule has 0 saturated heterocycles. The maximum Gasteiger partial charge on any atom is 0.326 e. The van der Waals surface area contributed by atoms with Crippen molar-refractivity contribution in [2.24, 2.45) is 5.73 Å². The van der Waals surface area contributed by atoms with Crippen LogP contribution in [-0.2, 0) is 9.59 Å². The van der Waals surface area contributed by atoms with Gasteiger partial charge in [0.05, 0.1) is 6.42 Å². The fourth-order valence-corrected chi connectivity index (χ4v) is 1.09. The fraction of sp³-hybridized carbons (Fsp3) is 0.250. The number of H-pyrrole nitrogens is 2. The third kappa shape index (κ3) is 3.48. The zero-order valence-electron chi connectivity index (χ0n) is 8.52. The van der Waals surface area contributed by atoms with Crippen LogP contribution < -0.4 is 16.7 Å². The summed E-state index contributed by atoms with van der Waals surface area (Å²) in [5.41, 5.74) is 4.10. The molecule has 0 aliphatic carbocycles. The Morgan fingerprint density at radius 2 is 2.12 bits per heavy atom. The highest BCUT2D eigenvalue weighted by molar-refractivity contribution is 5.95. The van der Waals surface area contributed by atoms with Crippen LogP contribution in [0.1, 0.15) is 16.9 Å². The largest absolute Gasteiger partial charge is 0.480 e. The minimum Gasteiger partial charge on any atom is -0.480 e.